The molecule has 2 aromatic carbocycles. The maximum Gasteiger partial charge on any atom is 0.254 e. The summed E-state index contributed by atoms with van der Waals surface area (Å²) in [4.78, 5) is 26.9. The Morgan fingerprint density at radius 1 is 1.18 bits per heavy atom. The molecule has 0 spiro atoms. The van der Waals surface area contributed by atoms with Crippen LogP contribution in [0.2, 0.25) is 0 Å². The summed E-state index contributed by atoms with van der Waals surface area (Å²) in [7, 11) is 0. The van der Waals surface area contributed by atoms with E-state index in [9.17, 15) is 14.0 Å². The highest BCUT2D eigenvalue weighted by Gasteiger charge is 2.17. The molecule has 0 saturated carbocycles. The first kappa shape index (κ1) is 20.3. The number of nitrogens with one attached hydrogen (secondary N) is 2. The lowest BCUT2D eigenvalue weighted by atomic mass is 10.1. The van der Waals surface area contributed by atoms with Crippen molar-refractivity contribution in [2.45, 2.75) is 32.2 Å². The van der Waals surface area contributed by atoms with Gasteiger partial charge in [0.15, 0.2) is 0 Å². The third kappa shape index (κ3) is 5.32. The summed E-state index contributed by atoms with van der Waals surface area (Å²) in [6.07, 6.45) is 2.47. The fourth-order valence-corrected chi connectivity index (χ4v) is 3.63. The second-order valence-electron chi connectivity index (χ2n) is 7.00. The molecule has 3 rings (SSSR count). The highest BCUT2D eigenvalue weighted by Crippen LogP contribution is 2.23. The van der Waals surface area contributed by atoms with Crippen LogP contribution in [0.3, 0.4) is 0 Å². The summed E-state index contributed by atoms with van der Waals surface area (Å²) in [6.45, 7) is 3.78. The smallest absolute Gasteiger partial charge is 0.254 e. The standard InChI is InChI=1S/C21H23BrFN3O2/c1-14(24-21(28)18-12-15(22)7-8-19(18)23)11-20(27)25-16-5-4-6-17(13-16)26-9-2-3-10-26/h4-8,12-14H,2-3,9-11H2,1H3,(H,24,28)(H,25,27). The van der Waals surface area contributed by atoms with Crippen LogP contribution in [-0.2, 0) is 4.79 Å². The van der Waals surface area contributed by atoms with E-state index in [0.717, 1.165) is 24.5 Å². The molecule has 0 aromatic heterocycles. The number of carbonyl (C=O) groups is 2. The van der Waals surface area contributed by atoms with Crippen LogP contribution in [-0.4, -0.2) is 30.9 Å². The van der Waals surface area contributed by atoms with Gasteiger partial charge in [-0.05, 0) is 56.2 Å². The van der Waals surface area contributed by atoms with Crippen molar-refractivity contribution in [2.75, 3.05) is 23.3 Å². The normalized spacial score (nSPS) is 14.6. The molecule has 7 heteroatoms. The highest BCUT2D eigenvalue weighted by atomic mass is 79.9. The van der Waals surface area contributed by atoms with Crippen LogP contribution in [0.25, 0.3) is 0 Å². The lowest BCUT2D eigenvalue weighted by Crippen LogP contribution is -2.35. The predicted molar refractivity (Wildman–Crippen MR) is 112 cm³/mol. The number of anilines is 2. The van der Waals surface area contributed by atoms with Gasteiger partial charge in [0.2, 0.25) is 5.91 Å². The minimum atomic E-state index is -0.601. The molecule has 0 bridgehead atoms. The number of amides is 2. The Bertz CT molecular complexity index is 868. The van der Waals surface area contributed by atoms with E-state index in [0.29, 0.717) is 4.47 Å². The van der Waals surface area contributed by atoms with E-state index in [1.54, 1.807) is 6.92 Å². The Balaban J connectivity index is 1.55. The van der Waals surface area contributed by atoms with E-state index in [-0.39, 0.29) is 17.9 Å². The van der Waals surface area contributed by atoms with E-state index < -0.39 is 17.8 Å². The average molecular weight is 448 g/mol. The lowest BCUT2D eigenvalue weighted by molar-refractivity contribution is -0.116. The minimum absolute atomic E-state index is 0.0556. The molecule has 2 aromatic rings. The molecule has 0 radical (unpaired) electrons. The topological polar surface area (TPSA) is 61.4 Å². The summed E-state index contributed by atoms with van der Waals surface area (Å²) >= 11 is 3.22. The van der Waals surface area contributed by atoms with Crippen molar-refractivity contribution >= 4 is 39.1 Å². The third-order valence-corrected chi connectivity index (χ3v) is 5.14. The quantitative estimate of drug-likeness (QED) is 0.692. The maximum atomic E-state index is 13.8. The van der Waals surface area contributed by atoms with E-state index in [4.69, 9.17) is 0 Å². The number of halogens is 2. The first-order valence-corrected chi connectivity index (χ1v) is 10.1. The van der Waals surface area contributed by atoms with Gasteiger partial charge in [0.1, 0.15) is 5.82 Å². The van der Waals surface area contributed by atoms with Crippen molar-refractivity contribution in [3.63, 3.8) is 0 Å². The first-order chi connectivity index (χ1) is 13.4. The number of rotatable bonds is 6. The van der Waals surface area contributed by atoms with Crippen molar-refractivity contribution in [3.05, 3.63) is 58.3 Å². The lowest BCUT2D eigenvalue weighted by Gasteiger charge is -2.19. The van der Waals surface area contributed by atoms with Gasteiger partial charge in [0.05, 0.1) is 5.56 Å². The van der Waals surface area contributed by atoms with E-state index >= 15 is 0 Å². The third-order valence-electron chi connectivity index (χ3n) is 4.64. The molecule has 28 heavy (non-hydrogen) atoms. The fourth-order valence-electron chi connectivity index (χ4n) is 3.27. The van der Waals surface area contributed by atoms with E-state index in [2.05, 4.69) is 31.5 Å². The molecule has 1 aliphatic heterocycles. The highest BCUT2D eigenvalue weighted by molar-refractivity contribution is 9.10. The number of carbonyl (C=O) groups excluding carboxylic acids is 2. The van der Waals surface area contributed by atoms with Crippen molar-refractivity contribution < 1.29 is 14.0 Å². The van der Waals surface area contributed by atoms with Gasteiger partial charge in [-0.3, -0.25) is 9.59 Å². The molecule has 1 aliphatic rings. The number of hydrogen-bond acceptors (Lipinski definition) is 3. The zero-order valence-electron chi connectivity index (χ0n) is 15.7. The molecule has 1 atom stereocenters. The number of hydrogen-bond donors (Lipinski definition) is 2. The molecular weight excluding hydrogens is 425 g/mol. The Hall–Kier alpha value is -2.41. The maximum absolute atomic E-state index is 13.8. The zero-order valence-corrected chi connectivity index (χ0v) is 17.3. The predicted octanol–water partition coefficient (Wildman–Crippen LogP) is 4.34. The Kier molecular flexibility index (Phi) is 6.67. The molecule has 148 valence electrons. The van der Waals surface area contributed by atoms with Gasteiger partial charge in [-0.2, -0.15) is 0 Å². The minimum Gasteiger partial charge on any atom is -0.371 e. The molecule has 1 fully saturated rings. The average Bonchev–Trinajstić information content (AvgIpc) is 3.18. The van der Waals surface area contributed by atoms with Gasteiger partial charge >= 0.3 is 0 Å². The number of benzene rings is 2. The van der Waals surface area contributed by atoms with Gasteiger partial charge in [-0.25, -0.2) is 4.39 Å². The Labute approximate surface area is 172 Å². The van der Waals surface area contributed by atoms with Crippen LogP contribution < -0.4 is 15.5 Å². The summed E-state index contributed by atoms with van der Waals surface area (Å²) in [5.74, 6) is -1.35. The van der Waals surface area contributed by atoms with Crippen molar-refractivity contribution in [1.82, 2.24) is 5.32 Å². The van der Waals surface area contributed by atoms with E-state index in [1.807, 2.05) is 24.3 Å². The molecule has 2 N–H and O–H groups in total. The van der Waals surface area contributed by atoms with Crippen LogP contribution >= 0.6 is 15.9 Å². The SMILES string of the molecule is CC(CC(=O)Nc1cccc(N2CCCC2)c1)NC(=O)c1cc(Br)ccc1F. The Morgan fingerprint density at radius 2 is 1.93 bits per heavy atom. The van der Waals surface area contributed by atoms with Gasteiger partial charge in [0.25, 0.3) is 5.91 Å². The number of nitrogens with zero attached hydrogens (tertiary/aromatic N) is 1. The van der Waals surface area contributed by atoms with Crippen LogP contribution in [0.4, 0.5) is 15.8 Å². The van der Waals surface area contributed by atoms with Crippen molar-refractivity contribution in [3.8, 4) is 0 Å². The molecule has 1 unspecified atom stereocenters. The Morgan fingerprint density at radius 3 is 2.68 bits per heavy atom. The van der Waals surface area contributed by atoms with Crippen LogP contribution in [0, 0.1) is 5.82 Å². The molecule has 5 nitrogen and oxygen atoms in total. The van der Waals surface area contributed by atoms with Gasteiger partial charge in [-0.1, -0.05) is 22.0 Å². The van der Waals surface area contributed by atoms with Crippen LogP contribution in [0.1, 0.15) is 36.5 Å². The summed E-state index contributed by atoms with van der Waals surface area (Å²) < 4.78 is 14.4. The second-order valence-corrected chi connectivity index (χ2v) is 7.91. The van der Waals surface area contributed by atoms with Crippen LogP contribution in [0.5, 0.6) is 0 Å². The fraction of sp³-hybridized carbons (Fsp3) is 0.333. The van der Waals surface area contributed by atoms with Gasteiger partial charge in [-0.15, -0.1) is 0 Å². The van der Waals surface area contributed by atoms with Gasteiger partial charge in [0, 0.05) is 41.4 Å². The first-order valence-electron chi connectivity index (χ1n) is 9.33. The zero-order chi connectivity index (χ0) is 20.1. The van der Waals surface area contributed by atoms with Gasteiger partial charge < -0.3 is 15.5 Å². The van der Waals surface area contributed by atoms with Crippen molar-refractivity contribution in [2.24, 2.45) is 0 Å². The molecule has 0 aliphatic carbocycles. The summed E-state index contributed by atoms with van der Waals surface area (Å²) in [6, 6.07) is 11.5. The molecule has 1 saturated heterocycles. The molecule has 2 amide bonds. The van der Waals surface area contributed by atoms with E-state index in [1.165, 1.54) is 31.0 Å². The summed E-state index contributed by atoms with van der Waals surface area (Å²) in [5.41, 5.74) is 1.77. The molecular formula is C21H23BrFN3O2. The molecule has 1 heterocycles. The largest absolute Gasteiger partial charge is 0.371 e. The van der Waals surface area contributed by atoms with Crippen molar-refractivity contribution in [1.29, 1.82) is 0 Å². The summed E-state index contributed by atoms with van der Waals surface area (Å²) in [5, 5.41) is 5.54. The monoisotopic (exact) mass is 447 g/mol. The van der Waals surface area contributed by atoms with Crippen LogP contribution in [0.15, 0.2) is 46.9 Å². The second kappa shape index (κ2) is 9.19.